The standard InChI is InChI=1S/C23H31N3O3S/c1-16-10-21(16)15-26(14-19-8-6-5-7-9-19)23-13-20(18(3)27)12-22(25-23)11-17(2)30(28,29)24-4/h5-9,12-13,16-17,21,24H,10-11,14-15H2,1-4H3. The lowest BCUT2D eigenvalue weighted by Gasteiger charge is -2.25. The highest BCUT2D eigenvalue weighted by molar-refractivity contribution is 7.90. The van der Waals surface area contributed by atoms with Crippen molar-refractivity contribution in [2.24, 2.45) is 11.8 Å². The van der Waals surface area contributed by atoms with Gasteiger partial charge in [0.15, 0.2) is 5.78 Å². The van der Waals surface area contributed by atoms with E-state index < -0.39 is 15.3 Å². The molecular formula is C23H31N3O3S. The fourth-order valence-electron chi connectivity index (χ4n) is 3.63. The smallest absolute Gasteiger partial charge is 0.214 e. The lowest BCUT2D eigenvalue weighted by molar-refractivity contribution is 0.101. The molecule has 3 unspecified atom stereocenters. The van der Waals surface area contributed by atoms with E-state index in [1.807, 2.05) is 24.3 Å². The van der Waals surface area contributed by atoms with Crippen LogP contribution in [0.1, 0.15) is 48.8 Å². The van der Waals surface area contributed by atoms with Gasteiger partial charge < -0.3 is 4.90 Å². The summed E-state index contributed by atoms with van der Waals surface area (Å²) in [5, 5.41) is -0.643. The number of aromatic nitrogens is 1. The van der Waals surface area contributed by atoms with Crippen LogP contribution in [0.5, 0.6) is 0 Å². The molecule has 1 aliphatic rings. The molecule has 6 nitrogen and oxygen atoms in total. The number of rotatable bonds is 10. The van der Waals surface area contributed by atoms with Crippen LogP contribution in [-0.2, 0) is 23.0 Å². The van der Waals surface area contributed by atoms with Crippen molar-refractivity contribution >= 4 is 21.6 Å². The van der Waals surface area contributed by atoms with Crippen LogP contribution in [0.15, 0.2) is 42.5 Å². The summed E-state index contributed by atoms with van der Waals surface area (Å²) in [6.07, 6.45) is 1.44. The van der Waals surface area contributed by atoms with E-state index in [0.717, 1.165) is 12.4 Å². The highest BCUT2D eigenvalue weighted by Crippen LogP contribution is 2.39. The molecule has 0 radical (unpaired) electrons. The van der Waals surface area contributed by atoms with Crippen LogP contribution in [0, 0.1) is 11.8 Å². The molecule has 30 heavy (non-hydrogen) atoms. The maximum Gasteiger partial charge on any atom is 0.214 e. The van der Waals surface area contributed by atoms with Gasteiger partial charge in [-0.3, -0.25) is 4.79 Å². The number of Topliss-reactive ketones (excluding diaryl/α,β-unsaturated/α-hetero) is 1. The van der Waals surface area contributed by atoms with E-state index >= 15 is 0 Å². The molecule has 0 bridgehead atoms. The van der Waals surface area contributed by atoms with Crippen molar-refractivity contribution in [2.75, 3.05) is 18.5 Å². The molecule has 2 aromatic rings. The van der Waals surface area contributed by atoms with Gasteiger partial charge in [0, 0.05) is 30.8 Å². The number of benzene rings is 1. The summed E-state index contributed by atoms with van der Waals surface area (Å²) in [6, 6.07) is 13.7. The number of pyridine rings is 1. The normalized spacial score (nSPS) is 19.3. The van der Waals surface area contributed by atoms with Crippen LogP contribution in [0.25, 0.3) is 0 Å². The maximum absolute atomic E-state index is 12.2. The molecule has 3 rings (SSSR count). The molecule has 1 heterocycles. The van der Waals surface area contributed by atoms with Gasteiger partial charge in [0.25, 0.3) is 0 Å². The van der Waals surface area contributed by atoms with Gasteiger partial charge in [-0.15, -0.1) is 0 Å². The van der Waals surface area contributed by atoms with E-state index in [4.69, 9.17) is 4.98 Å². The van der Waals surface area contributed by atoms with Crippen molar-refractivity contribution in [2.45, 2.75) is 45.4 Å². The lowest BCUT2D eigenvalue weighted by atomic mass is 10.1. The second-order valence-corrected chi connectivity index (χ2v) is 10.7. The van der Waals surface area contributed by atoms with Gasteiger partial charge in [-0.1, -0.05) is 37.3 Å². The van der Waals surface area contributed by atoms with Crippen molar-refractivity contribution in [3.8, 4) is 0 Å². The van der Waals surface area contributed by atoms with E-state index in [0.29, 0.717) is 29.6 Å². The Bertz CT molecular complexity index is 992. The number of hydrogen-bond donors (Lipinski definition) is 1. The molecule has 0 amide bonds. The summed E-state index contributed by atoms with van der Waals surface area (Å²) in [4.78, 5) is 19.2. The van der Waals surface area contributed by atoms with E-state index in [9.17, 15) is 13.2 Å². The zero-order valence-corrected chi connectivity index (χ0v) is 18.9. The Kier molecular flexibility index (Phi) is 6.93. The first-order valence-corrected chi connectivity index (χ1v) is 12.0. The predicted octanol–water partition coefficient (Wildman–Crippen LogP) is 3.43. The third kappa shape index (κ3) is 5.67. The largest absolute Gasteiger partial charge is 0.352 e. The Morgan fingerprint density at radius 3 is 2.50 bits per heavy atom. The van der Waals surface area contributed by atoms with Crippen LogP contribution < -0.4 is 9.62 Å². The number of carbonyl (C=O) groups excluding carboxylic acids is 1. The Labute approximate surface area is 179 Å². The zero-order valence-electron chi connectivity index (χ0n) is 18.1. The molecule has 7 heteroatoms. The summed E-state index contributed by atoms with van der Waals surface area (Å²) in [6.45, 7) is 7.00. The van der Waals surface area contributed by atoms with Crippen LogP contribution in [0.4, 0.5) is 5.82 Å². The second-order valence-electron chi connectivity index (χ2n) is 8.36. The first-order chi connectivity index (χ1) is 14.2. The number of anilines is 1. The zero-order chi connectivity index (χ0) is 21.9. The minimum Gasteiger partial charge on any atom is -0.352 e. The molecular weight excluding hydrogens is 398 g/mol. The maximum atomic E-state index is 12.2. The monoisotopic (exact) mass is 429 g/mol. The summed E-state index contributed by atoms with van der Waals surface area (Å²) in [5.41, 5.74) is 2.35. The molecule has 1 fully saturated rings. The third-order valence-corrected chi connectivity index (χ3v) is 7.65. The minimum atomic E-state index is -3.42. The summed E-state index contributed by atoms with van der Waals surface area (Å²) >= 11 is 0. The quantitative estimate of drug-likeness (QED) is 0.586. The lowest BCUT2D eigenvalue weighted by Crippen LogP contribution is -2.32. The number of carbonyl (C=O) groups is 1. The van der Waals surface area contributed by atoms with Crippen molar-refractivity contribution in [3.63, 3.8) is 0 Å². The Morgan fingerprint density at radius 2 is 1.93 bits per heavy atom. The van der Waals surface area contributed by atoms with E-state index in [1.54, 1.807) is 13.0 Å². The summed E-state index contributed by atoms with van der Waals surface area (Å²) in [5.74, 6) is 1.99. The average Bonchev–Trinajstić information content (AvgIpc) is 3.42. The van der Waals surface area contributed by atoms with Crippen LogP contribution in [-0.4, -0.2) is 38.0 Å². The molecule has 1 aliphatic carbocycles. The number of nitrogens with zero attached hydrogens (tertiary/aromatic N) is 2. The Morgan fingerprint density at radius 1 is 1.27 bits per heavy atom. The summed E-state index contributed by atoms with van der Waals surface area (Å²) < 4.78 is 26.7. The molecule has 0 saturated heterocycles. The Balaban J connectivity index is 1.94. The third-order valence-electron chi connectivity index (χ3n) is 5.85. The molecule has 1 aromatic heterocycles. The van der Waals surface area contributed by atoms with Crippen LogP contribution >= 0.6 is 0 Å². The highest BCUT2D eigenvalue weighted by Gasteiger charge is 2.34. The van der Waals surface area contributed by atoms with Crippen molar-refractivity contribution in [1.29, 1.82) is 0 Å². The number of hydrogen-bond acceptors (Lipinski definition) is 5. The molecule has 0 aliphatic heterocycles. The fourth-order valence-corrected chi connectivity index (χ4v) is 4.42. The van der Waals surface area contributed by atoms with E-state index in [2.05, 4.69) is 28.7 Å². The fraction of sp³-hybridized carbons (Fsp3) is 0.478. The Hall–Kier alpha value is -2.25. The van der Waals surface area contributed by atoms with Gasteiger partial charge in [0.1, 0.15) is 5.82 Å². The van der Waals surface area contributed by atoms with Crippen molar-refractivity contribution in [3.05, 3.63) is 59.3 Å². The minimum absolute atomic E-state index is 0.0523. The number of nitrogens with one attached hydrogen (secondary N) is 1. The topological polar surface area (TPSA) is 79.4 Å². The molecule has 162 valence electrons. The van der Waals surface area contributed by atoms with Gasteiger partial charge in [0.2, 0.25) is 10.0 Å². The number of sulfonamides is 1. The number of ketones is 1. The molecule has 3 atom stereocenters. The van der Waals surface area contributed by atoms with Crippen molar-refractivity contribution in [1.82, 2.24) is 9.71 Å². The SMILES string of the molecule is CNS(=O)(=O)C(C)Cc1cc(C(C)=O)cc(N(Cc2ccccc2)CC2CC2C)n1. The van der Waals surface area contributed by atoms with E-state index in [1.165, 1.54) is 26.0 Å². The molecule has 1 N–H and O–H groups in total. The first kappa shape index (κ1) is 22.4. The van der Waals surface area contributed by atoms with E-state index in [-0.39, 0.29) is 12.2 Å². The predicted molar refractivity (Wildman–Crippen MR) is 120 cm³/mol. The van der Waals surface area contributed by atoms with Crippen LogP contribution in [0.3, 0.4) is 0 Å². The summed E-state index contributed by atoms with van der Waals surface area (Å²) in [7, 11) is -2.00. The second kappa shape index (κ2) is 9.27. The molecule has 1 saturated carbocycles. The molecule has 0 spiro atoms. The first-order valence-electron chi connectivity index (χ1n) is 10.4. The molecule has 1 aromatic carbocycles. The van der Waals surface area contributed by atoms with Gasteiger partial charge >= 0.3 is 0 Å². The van der Waals surface area contributed by atoms with Crippen molar-refractivity contribution < 1.29 is 13.2 Å². The highest BCUT2D eigenvalue weighted by atomic mass is 32.2. The average molecular weight is 430 g/mol. The van der Waals surface area contributed by atoms with Gasteiger partial charge in [0.05, 0.1) is 5.25 Å². The van der Waals surface area contributed by atoms with Gasteiger partial charge in [-0.05, 0) is 56.8 Å². The van der Waals surface area contributed by atoms with Gasteiger partial charge in [-0.2, -0.15) is 0 Å². The van der Waals surface area contributed by atoms with Crippen LogP contribution in [0.2, 0.25) is 0 Å². The van der Waals surface area contributed by atoms with Gasteiger partial charge in [-0.25, -0.2) is 18.1 Å².